The van der Waals surface area contributed by atoms with E-state index in [1.54, 1.807) is 0 Å². The zero-order chi connectivity index (χ0) is 16.8. The average Bonchev–Trinajstić information content (AvgIpc) is 2.37. The normalized spacial score (nSPS) is 11.7. The van der Waals surface area contributed by atoms with Crippen LogP contribution in [-0.2, 0) is 4.65 Å². The second-order valence-electron chi connectivity index (χ2n) is 6.65. The Morgan fingerprint density at radius 1 is 1.14 bits per heavy atom. The molecule has 22 heavy (non-hydrogen) atoms. The molecule has 0 saturated carbocycles. The molecule has 0 N–H and O–H groups in total. The van der Waals surface area contributed by atoms with Crippen molar-refractivity contribution in [2.24, 2.45) is 0 Å². The molecular weight excluding hydrogens is 292 g/mol. The maximum Gasteiger partial charge on any atom is 0.494 e. The average molecular weight is 320 g/mol. The number of hydrogen-bond donors (Lipinski definition) is 0. The third-order valence-corrected chi connectivity index (χ3v) is 3.68. The van der Waals surface area contributed by atoms with Gasteiger partial charge in [-0.05, 0) is 38.1 Å². The maximum atomic E-state index is 6.47. The van der Waals surface area contributed by atoms with Crippen LogP contribution in [0.4, 0.5) is 0 Å². The fraction of sp³-hybridized carbons (Fsp3) is 0.556. The minimum atomic E-state index is -0.450. The van der Waals surface area contributed by atoms with Crippen molar-refractivity contribution in [3.05, 3.63) is 35.9 Å². The third kappa shape index (κ3) is 6.44. The van der Waals surface area contributed by atoms with Crippen molar-refractivity contribution in [1.82, 2.24) is 4.81 Å². The van der Waals surface area contributed by atoms with Gasteiger partial charge in [0.15, 0.2) is 0 Å². The van der Waals surface area contributed by atoms with E-state index in [1.807, 2.05) is 44.2 Å². The molecule has 0 spiro atoms. The zero-order valence-corrected chi connectivity index (χ0v) is 15.3. The lowest BCUT2D eigenvalue weighted by atomic mass is 9.98. The summed E-state index contributed by atoms with van der Waals surface area (Å²) in [4.78, 5) is 2.15. The monoisotopic (exact) mass is 319 g/mol. The lowest BCUT2D eigenvalue weighted by Crippen LogP contribution is -2.50. The molecule has 0 aromatic heterocycles. The fourth-order valence-corrected chi connectivity index (χ4v) is 3.00. The number of rotatable bonds is 6. The smallest absolute Gasteiger partial charge is 0.402 e. The summed E-state index contributed by atoms with van der Waals surface area (Å²) in [5, 5.41) is 0. The molecule has 0 radical (unpaired) electrons. The lowest BCUT2D eigenvalue weighted by molar-refractivity contribution is 0.0907. The van der Waals surface area contributed by atoms with E-state index in [-0.39, 0.29) is 0 Å². The molecule has 0 aliphatic heterocycles. The molecule has 0 amide bonds. The first-order valence-electron chi connectivity index (χ1n) is 7.86. The van der Waals surface area contributed by atoms with Crippen LogP contribution in [0.5, 0.6) is 0 Å². The number of hydrogen-bond acceptors (Lipinski definition) is 2. The van der Waals surface area contributed by atoms with Gasteiger partial charge in [-0.15, -0.1) is 11.5 Å². The van der Waals surface area contributed by atoms with Crippen LogP contribution in [0, 0.1) is 11.8 Å². The minimum Gasteiger partial charge on any atom is -0.402 e. The van der Waals surface area contributed by atoms with E-state index in [0.29, 0.717) is 18.5 Å². The summed E-state index contributed by atoms with van der Waals surface area (Å²) in [5.74, 6) is 6.35. The van der Waals surface area contributed by atoms with Gasteiger partial charge < -0.3 is 4.65 Å². The summed E-state index contributed by atoms with van der Waals surface area (Å²) in [6, 6.07) is 10.6. The van der Waals surface area contributed by atoms with Crippen LogP contribution >= 0.6 is 11.5 Å². The Balaban J connectivity index is 2.65. The van der Waals surface area contributed by atoms with Gasteiger partial charge in [0.05, 0.1) is 5.60 Å². The Kier molecular flexibility index (Phi) is 7.49. The molecule has 1 aromatic carbocycles. The first-order chi connectivity index (χ1) is 10.2. The van der Waals surface area contributed by atoms with Gasteiger partial charge in [0.25, 0.3) is 0 Å². The summed E-state index contributed by atoms with van der Waals surface area (Å²) in [6.07, 6.45) is 0.634. The molecule has 2 nitrogen and oxygen atoms in total. The Morgan fingerprint density at radius 2 is 1.68 bits per heavy atom. The second-order valence-corrected chi connectivity index (χ2v) is 7.02. The quantitative estimate of drug-likeness (QED) is 0.563. The summed E-state index contributed by atoms with van der Waals surface area (Å²) < 4.78 is 6.05. The van der Waals surface area contributed by atoms with Crippen molar-refractivity contribution in [1.29, 1.82) is 0 Å². The standard InChI is InChI=1S/C18H27BClNO/c1-15(2)21(16(3)4)19(20)22-18(5,6)14-10-13-17-11-8-7-9-12-17/h7-9,11-12,15-16H,14H2,1-6H3. The molecule has 0 aliphatic rings. The highest BCUT2D eigenvalue weighted by Gasteiger charge is 2.33. The topological polar surface area (TPSA) is 12.5 Å². The Hall–Kier alpha value is -0.945. The number of nitrogens with zero attached hydrogens (tertiary/aromatic N) is 1. The van der Waals surface area contributed by atoms with E-state index in [4.69, 9.17) is 16.1 Å². The Bertz CT molecular complexity index is 497. The van der Waals surface area contributed by atoms with E-state index in [2.05, 4.69) is 44.3 Å². The molecular formula is C18H27BClNO. The minimum absolute atomic E-state index is 0.328. The Morgan fingerprint density at radius 3 is 2.18 bits per heavy atom. The van der Waals surface area contributed by atoms with E-state index < -0.39 is 12.1 Å². The first-order valence-corrected chi connectivity index (χ1v) is 8.30. The predicted molar refractivity (Wildman–Crippen MR) is 96.8 cm³/mol. The molecule has 0 atom stereocenters. The molecule has 0 fully saturated rings. The van der Waals surface area contributed by atoms with Gasteiger partial charge >= 0.3 is 6.47 Å². The maximum absolute atomic E-state index is 6.47. The van der Waals surface area contributed by atoms with E-state index in [1.165, 1.54) is 0 Å². The summed E-state index contributed by atoms with van der Waals surface area (Å²) >= 11 is 6.47. The van der Waals surface area contributed by atoms with Crippen LogP contribution in [0.2, 0.25) is 0 Å². The highest BCUT2D eigenvalue weighted by atomic mass is 35.5. The van der Waals surface area contributed by atoms with Crippen molar-refractivity contribution in [3.8, 4) is 11.8 Å². The van der Waals surface area contributed by atoms with Gasteiger partial charge in [0.2, 0.25) is 0 Å². The number of halogens is 1. The molecule has 0 heterocycles. The fourth-order valence-electron chi connectivity index (χ4n) is 2.31. The summed E-state index contributed by atoms with van der Waals surface area (Å²) in [5.41, 5.74) is 0.627. The van der Waals surface area contributed by atoms with Crippen molar-refractivity contribution < 1.29 is 4.65 Å². The van der Waals surface area contributed by atoms with E-state index >= 15 is 0 Å². The van der Waals surface area contributed by atoms with Gasteiger partial charge in [-0.3, -0.25) is 4.81 Å². The van der Waals surface area contributed by atoms with Crippen molar-refractivity contribution in [3.63, 3.8) is 0 Å². The summed E-state index contributed by atoms with van der Waals surface area (Å²) in [7, 11) is 0. The van der Waals surface area contributed by atoms with Gasteiger partial charge in [-0.1, -0.05) is 57.7 Å². The molecule has 120 valence electrons. The molecule has 1 rings (SSSR count). The molecule has 4 heteroatoms. The largest absolute Gasteiger partial charge is 0.494 e. The van der Waals surface area contributed by atoms with E-state index in [9.17, 15) is 0 Å². The van der Waals surface area contributed by atoms with Crippen molar-refractivity contribution >= 4 is 17.9 Å². The van der Waals surface area contributed by atoms with Gasteiger partial charge in [-0.25, -0.2) is 0 Å². The zero-order valence-electron chi connectivity index (χ0n) is 14.6. The molecule has 0 bridgehead atoms. The number of benzene rings is 1. The van der Waals surface area contributed by atoms with Crippen LogP contribution < -0.4 is 0 Å². The Labute approximate surface area is 141 Å². The summed E-state index contributed by atoms with van der Waals surface area (Å²) in [6.45, 7) is 12.1. The lowest BCUT2D eigenvalue weighted by Gasteiger charge is -2.36. The SMILES string of the molecule is CC(C)N(B(Cl)OC(C)(C)CC#Cc1ccccc1)C(C)C. The van der Waals surface area contributed by atoms with Crippen LogP contribution in [-0.4, -0.2) is 29.0 Å². The highest BCUT2D eigenvalue weighted by molar-refractivity contribution is 7.01. The van der Waals surface area contributed by atoms with Crippen molar-refractivity contribution in [2.45, 2.75) is 65.6 Å². The van der Waals surface area contributed by atoms with Crippen molar-refractivity contribution in [2.75, 3.05) is 0 Å². The van der Waals surface area contributed by atoms with Crippen LogP contribution in [0.1, 0.15) is 53.5 Å². The van der Waals surface area contributed by atoms with Gasteiger partial charge in [0, 0.05) is 12.0 Å². The predicted octanol–water partition coefficient (Wildman–Crippen LogP) is 4.57. The van der Waals surface area contributed by atoms with Gasteiger partial charge in [-0.2, -0.15) is 0 Å². The van der Waals surface area contributed by atoms with E-state index in [0.717, 1.165) is 5.56 Å². The third-order valence-electron chi connectivity index (χ3n) is 3.36. The van der Waals surface area contributed by atoms with Crippen LogP contribution in [0.3, 0.4) is 0 Å². The van der Waals surface area contributed by atoms with Gasteiger partial charge in [0.1, 0.15) is 0 Å². The molecule has 0 unspecified atom stereocenters. The molecule has 1 aromatic rings. The molecule has 0 aliphatic carbocycles. The first kappa shape index (κ1) is 19.1. The van der Waals surface area contributed by atoms with Crippen LogP contribution in [0.15, 0.2) is 30.3 Å². The van der Waals surface area contributed by atoms with Crippen LogP contribution in [0.25, 0.3) is 0 Å². The second kappa shape index (κ2) is 8.63. The molecule has 0 saturated heterocycles. The highest BCUT2D eigenvalue weighted by Crippen LogP contribution is 2.21.